The van der Waals surface area contributed by atoms with Gasteiger partial charge in [-0.3, -0.25) is 0 Å². The van der Waals surface area contributed by atoms with Gasteiger partial charge in [0.1, 0.15) is 0 Å². The fourth-order valence-electron chi connectivity index (χ4n) is 2.47. The Morgan fingerprint density at radius 1 is 1.53 bits per heavy atom. The standard InChI is InChI=1S/C12H14BrN3O/c1-12(4-5-17-7-12)16-10-3-2-8(13)6-9(10)15-11(16)14/h2-3,6H,4-5,7H2,1H3,(H2,14,15). The van der Waals surface area contributed by atoms with Gasteiger partial charge in [0.15, 0.2) is 0 Å². The molecule has 3 rings (SSSR count). The Labute approximate surface area is 108 Å². The SMILES string of the molecule is CC1(n2c(N)nc3cc(Br)ccc32)CCOC1. The zero-order chi connectivity index (χ0) is 12.0. The van der Waals surface area contributed by atoms with Crippen LogP contribution >= 0.6 is 15.9 Å². The van der Waals surface area contributed by atoms with E-state index in [1.54, 1.807) is 0 Å². The summed E-state index contributed by atoms with van der Waals surface area (Å²) in [7, 11) is 0. The summed E-state index contributed by atoms with van der Waals surface area (Å²) in [4.78, 5) is 4.42. The van der Waals surface area contributed by atoms with Crippen molar-refractivity contribution in [1.82, 2.24) is 9.55 Å². The van der Waals surface area contributed by atoms with E-state index in [0.717, 1.165) is 28.5 Å². The lowest BCUT2D eigenvalue weighted by molar-refractivity contribution is 0.164. The molecule has 1 aliphatic heterocycles. The van der Waals surface area contributed by atoms with Gasteiger partial charge in [0.2, 0.25) is 5.95 Å². The first kappa shape index (κ1) is 11.0. The van der Waals surface area contributed by atoms with Crippen molar-refractivity contribution >= 4 is 32.9 Å². The molecule has 2 aromatic rings. The molecule has 1 aromatic heterocycles. The maximum absolute atomic E-state index is 6.05. The first-order valence-electron chi connectivity index (χ1n) is 5.62. The average molecular weight is 296 g/mol. The Bertz CT molecular complexity index is 572. The van der Waals surface area contributed by atoms with E-state index in [1.807, 2.05) is 18.2 Å². The van der Waals surface area contributed by atoms with Crippen molar-refractivity contribution in [2.24, 2.45) is 0 Å². The van der Waals surface area contributed by atoms with Crippen LogP contribution in [0.25, 0.3) is 11.0 Å². The minimum absolute atomic E-state index is 0.0767. The van der Waals surface area contributed by atoms with Gasteiger partial charge in [0.25, 0.3) is 0 Å². The number of benzene rings is 1. The van der Waals surface area contributed by atoms with Crippen molar-refractivity contribution in [3.05, 3.63) is 22.7 Å². The van der Waals surface area contributed by atoms with Crippen LogP contribution in [0.5, 0.6) is 0 Å². The molecule has 1 saturated heterocycles. The summed E-state index contributed by atoms with van der Waals surface area (Å²) in [5.41, 5.74) is 7.96. The van der Waals surface area contributed by atoms with Crippen LogP contribution in [0.3, 0.4) is 0 Å². The second kappa shape index (κ2) is 3.71. The number of imidazole rings is 1. The Morgan fingerprint density at radius 3 is 3.06 bits per heavy atom. The first-order valence-corrected chi connectivity index (χ1v) is 6.41. The number of rotatable bonds is 1. The molecular weight excluding hydrogens is 282 g/mol. The third kappa shape index (κ3) is 1.65. The fourth-order valence-corrected chi connectivity index (χ4v) is 2.82. The van der Waals surface area contributed by atoms with Crippen molar-refractivity contribution in [1.29, 1.82) is 0 Å². The van der Waals surface area contributed by atoms with Gasteiger partial charge in [-0.25, -0.2) is 4.98 Å². The molecule has 0 saturated carbocycles. The Kier molecular flexibility index (Phi) is 2.41. The summed E-state index contributed by atoms with van der Waals surface area (Å²) in [6, 6.07) is 6.05. The molecule has 0 spiro atoms. The van der Waals surface area contributed by atoms with Crippen molar-refractivity contribution in [2.75, 3.05) is 18.9 Å². The van der Waals surface area contributed by atoms with E-state index >= 15 is 0 Å². The summed E-state index contributed by atoms with van der Waals surface area (Å²) in [5.74, 6) is 0.561. The van der Waals surface area contributed by atoms with Gasteiger partial charge in [0.05, 0.1) is 23.2 Å². The van der Waals surface area contributed by atoms with E-state index in [2.05, 4.69) is 32.4 Å². The lowest BCUT2D eigenvalue weighted by Gasteiger charge is -2.25. The first-order chi connectivity index (χ1) is 8.10. The molecule has 1 unspecified atom stereocenters. The number of nitrogens with zero attached hydrogens (tertiary/aromatic N) is 2. The van der Waals surface area contributed by atoms with Crippen molar-refractivity contribution < 1.29 is 4.74 Å². The Morgan fingerprint density at radius 2 is 2.35 bits per heavy atom. The van der Waals surface area contributed by atoms with E-state index in [0.29, 0.717) is 12.6 Å². The number of ether oxygens (including phenoxy) is 1. The van der Waals surface area contributed by atoms with E-state index in [-0.39, 0.29) is 5.54 Å². The van der Waals surface area contributed by atoms with Gasteiger partial charge < -0.3 is 15.0 Å². The monoisotopic (exact) mass is 295 g/mol. The number of nitrogen functional groups attached to an aromatic ring is 1. The molecule has 1 atom stereocenters. The number of halogens is 1. The maximum atomic E-state index is 6.05. The third-order valence-corrected chi connectivity index (χ3v) is 3.87. The molecule has 1 aromatic carbocycles. The molecule has 2 N–H and O–H groups in total. The Balaban J connectivity index is 2.25. The minimum atomic E-state index is -0.0767. The minimum Gasteiger partial charge on any atom is -0.379 e. The molecule has 0 bridgehead atoms. The van der Waals surface area contributed by atoms with Crippen LogP contribution in [0.1, 0.15) is 13.3 Å². The van der Waals surface area contributed by atoms with Gasteiger partial charge in [-0.15, -0.1) is 0 Å². The molecule has 90 valence electrons. The summed E-state index contributed by atoms with van der Waals surface area (Å²) < 4.78 is 8.61. The largest absolute Gasteiger partial charge is 0.379 e. The van der Waals surface area contributed by atoms with Crippen LogP contribution in [0.2, 0.25) is 0 Å². The zero-order valence-electron chi connectivity index (χ0n) is 9.61. The van der Waals surface area contributed by atoms with Crippen molar-refractivity contribution in [3.63, 3.8) is 0 Å². The van der Waals surface area contributed by atoms with Crippen LogP contribution in [-0.4, -0.2) is 22.8 Å². The fraction of sp³-hybridized carbons (Fsp3) is 0.417. The maximum Gasteiger partial charge on any atom is 0.201 e. The van der Waals surface area contributed by atoms with Crippen LogP contribution in [0.4, 0.5) is 5.95 Å². The molecule has 2 heterocycles. The number of hydrogen-bond donors (Lipinski definition) is 1. The molecule has 1 aliphatic rings. The van der Waals surface area contributed by atoms with Gasteiger partial charge in [-0.2, -0.15) is 0 Å². The molecule has 17 heavy (non-hydrogen) atoms. The highest BCUT2D eigenvalue weighted by Crippen LogP contribution is 2.34. The number of fused-ring (bicyclic) bond motifs is 1. The second-order valence-corrected chi connectivity index (χ2v) is 5.65. The third-order valence-electron chi connectivity index (χ3n) is 3.38. The lowest BCUT2D eigenvalue weighted by Crippen LogP contribution is -2.31. The molecule has 0 aliphatic carbocycles. The Hall–Kier alpha value is -1.07. The van der Waals surface area contributed by atoms with E-state index in [9.17, 15) is 0 Å². The second-order valence-electron chi connectivity index (χ2n) is 4.74. The summed E-state index contributed by atoms with van der Waals surface area (Å²) >= 11 is 3.45. The van der Waals surface area contributed by atoms with Gasteiger partial charge >= 0.3 is 0 Å². The topological polar surface area (TPSA) is 53.1 Å². The van der Waals surface area contributed by atoms with Crippen LogP contribution in [-0.2, 0) is 10.3 Å². The van der Waals surface area contributed by atoms with Gasteiger partial charge in [0, 0.05) is 11.1 Å². The van der Waals surface area contributed by atoms with E-state index in [1.165, 1.54) is 0 Å². The molecule has 4 nitrogen and oxygen atoms in total. The van der Waals surface area contributed by atoms with Crippen LogP contribution in [0, 0.1) is 0 Å². The molecule has 0 amide bonds. The molecule has 1 fully saturated rings. The van der Waals surface area contributed by atoms with Gasteiger partial charge in [-0.1, -0.05) is 15.9 Å². The number of nitrogens with two attached hydrogens (primary N) is 1. The van der Waals surface area contributed by atoms with E-state index < -0.39 is 0 Å². The number of anilines is 1. The molecular formula is C12H14BrN3O. The predicted octanol–water partition coefficient (Wildman–Crippen LogP) is 2.52. The lowest BCUT2D eigenvalue weighted by atomic mass is 10.0. The summed E-state index contributed by atoms with van der Waals surface area (Å²) in [5, 5.41) is 0. The molecule has 5 heteroatoms. The highest BCUT2D eigenvalue weighted by molar-refractivity contribution is 9.10. The van der Waals surface area contributed by atoms with Crippen LogP contribution < -0.4 is 5.73 Å². The van der Waals surface area contributed by atoms with Crippen molar-refractivity contribution in [3.8, 4) is 0 Å². The van der Waals surface area contributed by atoms with E-state index in [4.69, 9.17) is 10.5 Å². The average Bonchev–Trinajstić information content (AvgIpc) is 2.81. The highest BCUT2D eigenvalue weighted by Gasteiger charge is 2.34. The molecule has 0 radical (unpaired) electrons. The highest BCUT2D eigenvalue weighted by atomic mass is 79.9. The summed E-state index contributed by atoms with van der Waals surface area (Å²) in [6.07, 6.45) is 0.971. The predicted molar refractivity (Wildman–Crippen MR) is 70.9 cm³/mol. The number of hydrogen-bond acceptors (Lipinski definition) is 3. The smallest absolute Gasteiger partial charge is 0.201 e. The number of aromatic nitrogens is 2. The summed E-state index contributed by atoms with van der Waals surface area (Å²) in [6.45, 7) is 3.64. The van der Waals surface area contributed by atoms with Gasteiger partial charge in [-0.05, 0) is 31.5 Å². The van der Waals surface area contributed by atoms with Crippen LogP contribution in [0.15, 0.2) is 22.7 Å². The van der Waals surface area contributed by atoms with Crippen molar-refractivity contribution in [2.45, 2.75) is 18.9 Å². The quantitative estimate of drug-likeness (QED) is 0.879. The normalized spacial score (nSPS) is 24.6. The zero-order valence-corrected chi connectivity index (χ0v) is 11.2.